The Kier molecular flexibility index (Phi) is 34.9. The van der Waals surface area contributed by atoms with Crippen LogP contribution in [-0.4, -0.2) is 212 Å². The minimum absolute atomic E-state index is 0. The minimum atomic E-state index is -3.36. The normalized spacial score (nSPS) is 31.8. The van der Waals surface area contributed by atoms with Crippen molar-refractivity contribution in [2.45, 2.75) is 324 Å². The zero-order valence-electron chi connectivity index (χ0n) is 82.8. The van der Waals surface area contributed by atoms with Crippen molar-refractivity contribution in [1.29, 1.82) is 0 Å². The Labute approximate surface area is 850 Å². The first-order valence-electron chi connectivity index (χ1n) is 50.2. The predicted octanol–water partition coefficient (Wildman–Crippen LogP) is 16.4. The third-order valence-corrected chi connectivity index (χ3v) is 30.9. The molecule has 9 fully saturated rings. The molecular formula is C104H137F2N12O18V3-3. The topological polar surface area (TPSA) is 360 Å². The number of aryl methyl sites for hydroxylation is 2. The molecule has 24 atom stereocenters. The molecule has 0 spiro atoms. The van der Waals surface area contributed by atoms with Gasteiger partial charge in [-0.1, -0.05) is 146 Å². The number of aromatic nitrogens is 6. The van der Waals surface area contributed by atoms with E-state index in [1.165, 1.54) is 27.5 Å². The van der Waals surface area contributed by atoms with Crippen LogP contribution in [0.3, 0.4) is 0 Å². The molecule has 12 aliphatic rings. The van der Waals surface area contributed by atoms with Crippen LogP contribution in [-0.2, 0) is 117 Å². The summed E-state index contributed by atoms with van der Waals surface area (Å²) in [5.41, 5.74) is 2.47. The third-order valence-electron chi connectivity index (χ3n) is 30.9. The molecule has 6 aliphatic carbocycles. The number of halogens is 2. The van der Waals surface area contributed by atoms with Crippen molar-refractivity contribution in [2.75, 3.05) is 39.5 Å². The van der Waals surface area contributed by atoms with Gasteiger partial charge in [-0.2, -0.15) is 8.78 Å². The van der Waals surface area contributed by atoms with Crippen molar-refractivity contribution in [1.82, 2.24) is 60.6 Å². The molecule has 6 aromatic rings. The van der Waals surface area contributed by atoms with E-state index in [0.717, 1.165) is 99.5 Å². The molecule has 30 nitrogen and oxygen atoms in total. The van der Waals surface area contributed by atoms with Gasteiger partial charge >= 0.3 is 18.3 Å². The summed E-state index contributed by atoms with van der Waals surface area (Å²) in [4.78, 5) is 153. The summed E-state index contributed by atoms with van der Waals surface area (Å²) in [5.74, 6) is 0.899. The maximum atomic E-state index is 16.2. The molecule has 3 aromatic carbocycles. The number of ether oxygens (including phenoxy) is 9. The van der Waals surface area contributed by atoms with Gasteiger partial charge in [0.15, 0.2) is 5.69 Å². The molecule has 139 heavy (non-hydrogen) atoms. The first-order chi connectivity index (χ1) is 65.0. The fourth-order valence-corrected chi connectivity index (χ4v) is 23.3. The largest absolute Gasteiger partial charge is 0.540 e. The number of hydrogen-bond donors (Lipinski definition) is 3. The molecule has 18 rings (SSSR count). The van der Waals surface area contributed by atoms with E-state index in [1.807, 2.05) is 147 Å². The number of nitrogens with zero attached hydrogens (tertiary/aromatic N) is 9. The van der Waals surface area contributed by atoms with E-state index in [1.54, 1.807) is 18.2 Å². The van der Waals surface area contributed by atoms with Crippen molar-refractivity contribution in [3.63, 3.8) is 0 Å². The Morgan fingerprint density at radius 1 is 0.396 bits per heavy atom. The Balaban J connectivity index is 0.000000174. The van der Waals surface area contributed by atoms with Crippen molar-refractivity contribution in [3.8, 4) is 34.9 Å². The van der Waals surface area contributed by atoms with Crippen LogP contribution in [0.4, 0.5) is 23.2 Å². The molecule has 3 aromatic heterocycles. The number of rotatable bonds is 11. The molecular weight excluding hydrogens is 1900 g/mol. The quantitative estimate of drug-likeness (QED) is 0.0801. The first-order valence-corrected chi connectivity index (χ1v) is 50.2. The van der Waals surface area contributed by atoms with Gasteiger partial charge in [0.25, 0.3) is 5.92 Å². The SMILES string of the molecule is CCOc1ccc2nc3c(nc2c1)O[C@H]1CN(C(=O)[C@H](C(C)(C)C)NC(=O)O[C@@H]2CC4CC4[C@H]2CCCCC3(F)F)[C@H]([C-]=O)[C@@H]1CC.CCOc1ccc2nc3c(nc2c1)O[C@H]1CN(C(=O)[C@H](C(C)(C)C)NC(=O)O[C@@H]2CC4CC4[C@H]2CCCCC3)[C@H]([C-]=O)[C@@H]1C.CCOc1ccc2nc3c(nc2c1)O[C@H]1CN(C(=O)[C@H](C(C)(C)C)NC(=O)O[C@@H]2CC4CC4[C@H]2CCCCC3)[C@H]([C-]=O)[C@@H]1CC.[V].[V].[V]. The van der Waals surface area contributed by atoms with E-state index in [2.05, 4.69) is 38.5 Å². The molecule has 3 saturated heterocycles. The number of alkyl halides is 2. The van der Waals surface area contributed by atoms with Gasteiger partial charge in [0, 0.05) is 80.3 Å². The van der Waals surface area contributed by atoms with Gasteiger partial charge in [0.05, 0.1) is 72.6 Å². The van der Waals surface area contributed by atoms with Gasteiger partial charge in [-0.3, -0.25) is 14.4 Å². The van der Waals surface area contributed by atoms with Crippen molar-refractivity contribution < 1.29 is 150 Å². The van der Waals surface area contributed by atoms with Crippen LogP contribution >= 0.6 is 0 Å². The average molecular weight is 2030 g/mol. The van der Waals surface area contributed by atoms with Crippen LogP contribution in [0.1, 0.15) is 249 Å². The summed E-state index contributed by atoms with van der Waals surface area (Å²) in [7, 11) is 0. The van der Waals surface area contributed by atoms with E-state index in [4.69, 9.17) is 62.6 Å². The maximum absolute atomic E-state index is 16.2. The van der Waals surface area contributed by atoms with E-state index < -0.39 is 119 Å². The summed E-state index contributed by atoms with van der Waals surface area (Å²) >= 11 is 0. The summed E-state index contributed by atoms with van der Waals surface area (Å²) in [6.45, 7) is 30.1. The smallest absolute Gasteiger partial charge is 0.408 e. The number of alkyl carbamates (subject to hydrolysis) is 3. The predicted molar refractivity (Wildman–Crippen MR) is 501 cm³/mol. The summed E-state index contributed by atoms with van der Waals surface area (Å²) in [5, 5.41) is 8.62. The monoisotopic (exact) mass is 2030 g/mol. The van der Waals surface area contributed by atoms with E-state index in [9.17, 15) is 43.2 Å². The van der Waals surface area contributed by atoms with Crippen LogP contribution in [0.5, 0.6) is 34.9 Å². The number of carbonyl (C=O) groups is 6. The molecule has 35 heteroatoms. The van der Waals surface area contributed by atoms with Crippen LogP contribution in [0.25, 0.3) is 33.1 Å². The molecule has 6 saturated carbocycles. The maximum Gasteiger partial charge on any atom is 0.408 e. The Bertz CT molecular complexity index is 5400. The number of carbonyl (C=O) groups excluding carboxylic acids is 9. The molecule has 9 heterocycles. The molecule has 6 bridgehead atoms. The summed E-state index contributed by atoms with van der Waals surface area (Å²) in [6, 6.07) is 10.8. The summed E-state index contributed by atoms with van der Waals surface area (Å²) < 4.78 is 86.8. The van der Waals surface area contributed by atoms with Gasteiger partial charge < -0.3 is 87.7 Å². The average Bonchev–Trinajstić information content (AvgIpc) is 1.59. The van der Waals surface area contributed by atoms with Gasteiger partial charge in [0.1, 0.15) is 83.4 Å². The summed E-state index contributed by atoms with van der Waals surface area (Å²) in [6.07, 6.45) is 19.3. The van der Waals surface area contributed by atoms with Crippen molar-refractivity contribution in [3.05, 3.63) is 71.7 Å². The zero-order valence-corrected chi connectivity index (χ0v) is 87.0. The second kappa shape index (κ2) is 45.1. The van der Waals surface area contributed by atoms with E-state index >= 15 is 8.78 Å². The van der Waals surface area contributed by atoms with E-state index in [-0.39, 0.29) is 141 Å². The number of fused-ring (bicyclic) bond motifs is 21. The number of nitrogens with one attached hydrogen (secondary N) is 3. The molecule has 3 radical (unpaired) electrons. The van der Waals surface area contributed by atoms with E-state index in [0.29, 0.717) is 151 Å². The number of amides is 6. The number of hydrogen-bond acceptors (Lipinski definition) is 24. The number of benzene rings is 3. The Morgan fingerprint density at radius 2 is 0.727 bits per heavy atom. The van der Waals surface area contributed by atoms with Crippen LogP contribution < -0.4 is 44.4 Å². The molecule has 6 amide bonds. The Hall–Kier alpha value is -8.68. The van der Waals surface area contributed by atoms with Gasteiger partial charge in [-0.15, -0.1) is 0 Å². The third kappa shape index (κ3) is 24.0. The van der Waals surface area contributed by atoms with Gasteiger partial charge in [-0.05, 0) is 234 Å². The van der Waals surface area contributed by atoms with Crippen molar-refractivity contribution >= 4 is 88.0 Å². The molecule has 753 valence electrons. The fourth-order valence-electron chi connectivity index (χ4n) is 23.3. The van der Waals surface area contributed by atoms with Crippen molar-refractivity contribution in [2.24, 2.45) is 87.3 Å². The second-order valence-corrected chi connectivity index (χ2v) is 43.2. The van der Waals surface area contributed by atoms with Gasteiger partial charge in [0.2, 0.25) is 35.4 Å². The first kappa shape index (κ1) is 108. The standard InChI is InChI=1S/C35H45F2N4O6.C35H47N4O6.C34H45N4O6.3V/c1-6-21-26(18-42)41-17-28(21)46-31-29(38-24-12-11-20(45-7-2)16-25(24)39-31)35(36,37)13-9-8-10-22-23-14-19(23)15-27(22)47-33(44)40-30(32(41)43)34(3,4)5;1-6-22-28(19-40)39-18-30(22)44-32-26(36-25-14-13-21(43-7-2)17-27(25)37-32)12-10-8-9-11-23-24-15-20(24)16-29(23)45-34(42)38-31(33(39)41)35(3,4)5;1-6-42-21-12-13-24-26(16-21)36-31-25(35-24)11-9-7-8-10-22-23-14-20(23)15-28(22)44-33(41)37-30(34(3,4)5)32(40)38-17-29(43-31)19(2)27(38)18-39;;;/h11-12,16,19,21-23,26-28,30H,6-10,13-15,17H2,1-5H3,(H,40,44);13-14,17,20,22-24,28-31H,6-12,15-16,18H2,1-5H3,(H,38,42);12-13,16,19-20,22-23,27-30H,6-11,14-15,17H2,1-5H3,(H,37,41);;;/q3*-1;;;/t19?,21-,22+,23?,26+,27+,28-,30+;20?,22-,23+,24?,28+,29+,30-,31+;19-,20?,22+,23?,27+,28+,29-,30+;;;/m000.../s1. The molecule has 6 aliphatic heterocycles. The zero-order chi connectivity index (χ0) is 96.7. The minimum Gasteiger partial charge on any atom is -0.540 e. The second-order valence-electron chi connectivity index (χ2n) is 43.2. The van der Waals surface area contributed by atoms with Crippen LogP contribution in [0, 0.1) is 87.3 Å². The fraction of sp³-hybridized carbons (Fsp3) is 0.683. The molecule has 3 N–H and O–H groups in total. The molecule has 6 unspecified atom stereocenters. The van der Waals surface area contributed by atoms with Crippen LogP contribution in [0.15, 0.2) is 54.6 Å². The van der Waals surface area contributed by atoms with Gasteiger partial charge in [-0.25, -0.2) is 63.1 Å². The Morgan fingerprint density at radius 3 is 1.08 bits per heavy atom. The van der Waals surface area contributed by atoms with Crippen LogP contribution in [0.2, 0.25) is 0 Å².